The normalized spacial score (nSPS) is 12.0. The zero-order valence-corrected chi connectivity index (χ0v) is 17.4. The van der Waals surface area contributed by atoms with E-state index in [9.17, 15) is 0 Å². The van der Waals surface area contributed by atoms with Gasteiger partial charge in [-0.1, -0.05) is 91.0 Å². The molecule has 0 aliphatic heterocycles. The van der Waals surface area contributed by atoms with Gasteiger partial charge in [-0.2, -0.15) is 15.0 Å². The second kappa shape index (κ2) is 9.99. The lowest BCUT2D eigenvalue weighted by Crippen LogP contribution is -2.26. The highest BCUT2D eigenvalue weighted by atomic mass is 15.5. The first-order valence-electron chi connectivity index (χ1n) is 10.6. The van der Waals surface area contributed by atoms with Crippen molar-refractivity contribution in [2.75, 3.05) is 0 Å². The van der Waals surface area contributed by atoms with Crippen molar-refractivity contribution in [2.45, 2.75) is 38.9 Å². The topological polar surface area (TPSA) is 42.7 Å². The minimum Gasteiger partial charge on any atom is -0.309 e. The summed E-state index contributed by atoms with van der Waals surface area (Å²) in [6, 6.07) is 31.7. The van der Waals surface area contributed by atoms with E-state index in [2.05, 4.69) is 66.8 Å². The lowest BCUT2D eigenvalue weighted by atomic mass is 10.1. The van der Waals surface area contributed by atoms with Gasteiger partial charge in [-0.15, -0.1) is 0 Å². The second-order valence-corrected chi connectivity index (χ2v) is 7.68. The molecule has 30 heavy (non-hydrogen) atoms. The van der Waals surface area contributed by atoms with E-state index in [1.54, 1.807) is 0 Å². The van der Waals surface area contributed by atoms with Crippen LogP contribution in [-0.4, -0.2) is 21.0 Å². The summed E-state index contributed by atoms with van der Waals surface area (Å²) in [4.78, 5) is 1.81. The molecule has 0 saturated heterocycles. The Kier molecular flexibility index (Phi) is 6.68. The Morgan fingerprint density at radius 1 is 0.767 bits per heavy atom. The van der Waals surface area contributed by atoms with Crippen LogP contribution in [-0.2, 0) is 19.5 Å². The van der Waals surface area contributed by atoms with Gasteiger partial charge >= 0.3 is 0 Å². The van der Waals surface area contributed by atoms with E-state index in [1.165, 1.54) is 11.1 Å². The van der Waals surface area contributed by atoms with Crippen LogP contribution in [0.5, 0.6) is 0 Å². The van der Waals surface area contributed by atoms with E-state index in [4.69, 9.17) is 10.2 Å². The first kappa shape index (κ1) is 20.0. The maximum atomic E-state index is 4.82. The van der Waals surface area contributed by atoms with Crippen LogP contribution >= 0.6 is 0 Å². The van der Waals surface area contributed by atoms with Gasteiger partial charge in [0.2, 0.25) is 0 Å². The first-order valence-corrected chi connectivity index (χ1v) is 10.6. The highest BCUT2D eigenvalue weighted by molar-refractivity contribution is 5.60. The Hall–Kier alpha value is -3.24. The molecule has 4 heteroatoms. The number of aryl methyl sites for hydroxylation is 1. The molecule has 0 fully saturated rings. The summed E-state index contributed by atoms with van der Waals surface area (Å²) in [5, 5.41) is 13.3. The third kappa shape index (κ3) is 5.43. The maximum Gasteiger partial charge on any atom is 0.117 e. The van der Waals surface area contributed by atoms with Crippen molar-refractivity contribution in [3.8, 4) is 11.3 Å². The lowest BCUT2D eigenvalue weighted by Gasteiger charge is -2.13. The zero-order valence-electron chi connectivity index (χ0n) is 17.4. The van der Waals surface area contributed by atoms with Crippen molar-refractivity contribution in [1.82, 2.24) is 20.3 Å². The first-order chi connectivity index (χ1) is 14.8. The number of benzene rings is 3. The summed E-state index contributed by atoms with van der Waals surface area (Å²) in [6.45, 7) is 3.61. The van der Waals surface area contributed by atoms with Crippen LogP contribution in [0.4, 0.5) is 0 Å². The number of hydrogen-bond donors (Lipinski definition) is 1. The molecule has 0 saturated carbocycles. The molecule has 0 unspecified atom stereocenters. The van der Waals surface area contributed by atoms with Crippen LogP contribution < -0.4 is 5.32 Å². The molecule has 0 bridgehead atoms. The average molecular weight is 397 g/mol. The van der Waals surface area contributed by atoms with Crippen molar-refractivity contribution in [2.24, 2.45) is 0 Å². The highest BCUT2D eigenvalue weighted by Gasteiger charge is 2.14. The monoisotopic (exact) mass is 396 g/mol. The summed E-state index contributed by atoms with van der Waals surface area (Å²) in [5.41, 5.74) is 5.62. The molecular weight excluding hydrogens is 368 g/mol. The van der Waals surface area contributed by atoms with Gasteiger partial charge in [-0.3, -0.25) is 0 Å². The predicted octanol–water partition coefficient (Wildman–Crippen LogP) is 5.10. The Morgan fingerprint density at radius 3 is 2.03 bits per heavy atom. The van der Waals surface area contributed by atoms with Gasteiger partial charge in [0.25, 0.3) is 0 Å². The quantitative estimate of drug-likeness (QED) is 0.428. The fourth-order valence-electron chi connectivity index (χ4n) is 3.54. The Labute approximate surface area is 178 Å². The van der Waals surface area contributed by atoms with E-state index in [-0.39, 0.29) is 0 Å². The fourth-order valence-corrected chi connectivity index (χ4v) is 3.54. The number of nitrogens with zero attached hydrogens (tertiary/aromatic N) is 3. The molecule has 3 aromatic carbocycles. The van der Waals surface area contributed by atoms with Crippen LogP contribution in [0.3, 0.4) is 0 Å². The number of rotatable bonds is 9. The molecule has 1 atom stereocenters. The molecule has 1 N–H and O–H groups in total. The Morgan fingerprint density at radius 2 is 1.37 bits per heavy atom. The molecule has 0 spiro atoms. The number of hydrogen-bond acceptors (Lipinski definition) is 3. The summed E-state index contributed by atoms with van der Waals surface area (Å²) < 4.78 is 0. The molecule has 1 heterocycles. The second-order valence-electron chi connectivity index (χ2n) is 7.68. The van der Waals surface area contributed by atoms with Crippen molar-refractivity contribution in [1.29, 1.82) is 0 Å². The average Bonchev–Trinajstić information content (AvgIpc) is 3.21. The van der Waals surface area contributed by atoms with Crippen molar-refractivity contribution >= 4 is 0 Å². The number of aromatic nitrogens is 3. The van der Waals surface area contributed by atoms with E-state index < -0.39 is 0 Å². The van der Waals surface area contributed by atoms with Gasteiger partial charge in [-0.05, 0) is 30.9 Å². The molecule has 0 aliphatic carbocycles. The predicted molar refractivity (Wildman–Crippen MR) is 122 cm³/mol. The maximum absolute atomic E-state index is 4.82. The summed E-state index contributed by atoms with van der Waals surface area (Å²) >= 11 is 0. The van der Waals surface area contributed by atoms with Crippen molar-refractivity contribution < 1.29 is 0 Å². The van der Waals surface area contributed by atoms with E-state index in [0.29, 0.717) is 19.1 Å². The van der Waals surface area contributed by atoms with Crippen LogP contribution in [0, 0.1) is 0 Å². The van der Waals surface area contributed by atoms with E-state index in [0.717, 1.165) is 29.8 Å². The number of nitrogens with one attached hydrogen (secondary N) is 1. The zero-order chi connectivity index (χ0) is 20.6. The smallest absolute Gasteiger partial charge is 0.117 e. The van der Waals surface area contributed by atoms with Gasteiger partial charge in [0.05, 0.1) is 6.54 Å². The standard InChI is InChI=1S/C26H28N4/c1-21(17-18-22-11-5-2-6-12-22)27-19-25-26(24-15-9-4-10-16-24)29-30(28-25)20-23-13-7-3-8-14-23/h2-16,21,27H,17-20H2,1H3/t21-/m0/s1. The third-order valence-electron chi connectivity index (χ3n) is 5.27. The molecule has 4 rings (SSSR count). The minimum absolute atomic E-state index is 0.396. The fraction of sp³-hybridized carbons (Fsp3) is 0.231. The van der Waals surface area contributed by atoms with Crippen molar-refractivity contribution in [3.63, 3.8) is 0 Å². The van der Waals surface area contributed by atoms with Gasteiger partial charge < -0.3 is 5.32 Å². The lowest BCUT2D eigenvalue weighted by molar-refractivity contribution is 0.503. The van der Waals surface area contributed by atoms with Crippen LogP contribution in [0.1, 0.15) is 30.2 Å². The molecule has 4 aromatic rings. The SMILES string of the molecule is C[C@@H](CCc1ccccc1)NCc1nn(Cc2ccccc2)nc1-c1ccccc1. The van der Waals surface area contributed by atoms with Gasteiger partial charge in [0.1, 0.15) is 11.4 Å². The van der Waals surface area contributed by atoms with Crippen LogP contribution in [0.25, 0.3) is 11.3 Å². The molecular formula is C26H28N4. The molecule has 4 nitrogen and oxygen atoms in total. The van der Waals surface area contributed by atoms with Gasteiger partial charge in [0, 0.05) is 18.2 Å². The Balaban J connectivity index is 1.45. The Bertz CT molecular complexity index is 1030. The van der Waals surface area contributed by atoms with Gasteiger partial charge in [0.15, 0.2) is 0 Å². The summed E-state index contributed by atoms with van der Waals surface area (Å²) in [5.74, 6) is 0. The third-order valence-corrected chi connectivity index (χ3v) is 5.27. The molecule has 0 aliphatic rings. The van der Waals surface area contributed by atoms with Crippen LogP contribution in [0.2, 0.25) is 0 Å². The molecule has 0 radical (unpaired) electrons. The van der Waals surface area contributed by atoms with E-state index in [1.807, 2.05) is 41.2 Å². The van der Waals surface area contributed by atoms with Gasteiger partial charge in [-0.25, -0.2) is 0 Å². The van der Waals surface area contributed by atoms with Crippen LogP contribution in [0.15, 0.2) is 91.0 Å². The van der Waals surface area contributed by atoms with E-state index >= 15 is 0 Å². The summed E-state index contributed by atoms with van der Waals surface area (Å²) in [7, 11) is 0. The van der Waals surface area contributed by atoms with Crippen molar-refractivity contribution in [3.05, 3.63) is 108 Å². The molecule has 152 valence electrons. The minimum atomic E-state index is 0.396. The highest BCUT2D eigenvalue weighted by Crippen LogP contribution is 2.20. The molecule has 1 aromatic heterocycles. The largest absolute Gasteiger partial charge is 0.309 e. The summed E-state index contributed by atoms with van der Waals surface area (Å²) in [6.07, 6.45) is 2.16. The molecule has 0 amide bonds.